The van der Waals surface area contributed by atoms with E-state index in [-0.39, 0.29) is 29.5 Å². The average Bonchev–Trinajstić information content (AvgIpc) is 3.45. The molecular formula is C22H25FN2O2. The van der Waals surface area contributed by atoms with Crippen LogP contribution in [0.5, 0.6) is 0 Å². The third kappa shape index (κ3) is 4.54. The molecule has 2 atom stereocenters. The second-order valence-corrected chi connectivity index (χ2v) is 7.00. The molecule has 0 spiro atoms. The summed E-state index contributed by atoms with van der Waals surface area (Å²) in [5.74, 6) is -0.929. The number of aryl methyl sites for hydroxylation is 1. The molecule has 142 valence electrons. The first-order valence-electron chi connectivity index (χ1n) is 9.40. The first kappa shape index (κ1) is 19.1. The molecule has 2 unspecified atom stereocenters. The second kappa shape index (κ2) is 8.33. The van der Waals surface area contributed by atoms with Gasteiger partial charge in [0.1, 0.15) is 5.82 Å². The molecule has 0 radical (unpaired) electrons. The first-order valence-corrected chi connectivity index (χ1v) is 9.40. The maximum absolute atomic E-state index is 13.6. The maximum Gasteiger partial charge on any atom is 0.230 e. The minimum atomic E-state index is -0.281. The van der Waals surface area contributed by atoms with E-state index in [0.29, 0.717) is 31.5 Å². The summed E-state index contributed by atoms with van der Waals surface area (Å²) in [5, 5.41) is 2.83. The fraction of sp³-hybridized carbons (Fsp3) is 0.364. The van der Waals surface area contributed by atoms with Crippen molar-refractivity contribution in [2.24, 2.45) is 11.8 Å². The maximum atomic E-state index is 13.6. The van der Waals surface area contributed by atoms with E-state index in [1.165, 1.54) is 6.07 Å². The Hall–Kier alpha value is -2.69. The van der Waals surface area contributed by atoms with Crippen molar-refractivity contribution in [1.82, 2.24) is 5.32 Å². The van der Waals surface area contributed by atoms with Crippen LogP contribution >= 0.6 is 0 Å². The van der Waals surface area contributed by atoms with Crippen molar-refractivity contribution < 1.29 is 14.0 Å². The van der Waals surface area contributed by atoms with Gasteiger partial charge in [-0.1, -0.05) is 30.3 Å². The Morgan fingerprint density at radius 1 is 1.15 bits per heavy atom. The number of carbonyl (C=O) groups is 2. The molecule has 2 aromatic rings. The van der Waals surface area contributed by atoms with E-state index in [4.69, 9.17) is 0 Å². The zero-order chi connectivity index (χ0) is 19.4. The number of halogens is 1. The van der Waals surface area contributed by atoms with E-state index >= 15 is 0 Å². The molecule has 0 aliphatic heterocycles. The molecular weight excluding hydrogens is 343 g/mol. The van der Waals surface area contributed by atoms with Gasteiger partial charge in [0.2, 0.25) is 11.8 Å². The van der Waals surface area contributed by atoms with Gasteiger partial charge in [-0.15, -0.1) is 0 Å². The van der Waals surface area contributed by atoms with Gasteiger partial charge in [0.05, 0.1) is 11.8 Å². The fourth-order valence-corrected chi connectivity index (χ4v) is 3.37. The van der Waals surface area contributed by atoms with E-state index in [2.05, 4.69) is 5.32 Å². The van der Waals surface area contributed by atoms with Crippen molar-refractivity contribution in [2.75, 3.05) is 18.0 Å². The molecule has 1 fully saturated rings. The Morgan fingerprint density at radius 3 is 2.63 bits per heavy atom. The van der Waals surface area contributed by atoms with E-state index in [9.17, 15) is 14.0 Å². The first-order chi connectivity index (χ1) is 13.0. The van der Waals surface area contributed by atoms with Gasteiger partial charge >= 0.3 is 0 Å². The fourth-order valence-electron chi connectivity index (χ4n) is 3.37. The molecule has 4 nitrogen and oxygen atoms in total. The number of nitrogens with one attached hydrogen (secondary N) is 1. The summed E-state index contributed by atoms with van der Waals surface area (Å²) >= 11 is 0. The summed E-state index contributed by atoms with van der Waals surface area (Å²) in [6.07, 6.45) is 1.01. The van der Waals surface area contributed by atoms with Crippen molar-refractivity contribution in [1.29, 1.82) is 0 Å². The van der Waals surface area contributed by atoms with Crippen LogP contribution < -0.4 is 10.2 Å². The molecule has 2 amide bonds. The normalized spacial score (nSPS) is 18.0. The number of benzene rings is 2. The zero-order valence-electron chi connectivity index (χ0n) is 15.7. The van der Waals surface area contributed by atoms with Gasteiger partial charge in [0.25, 0.3) is 0 Å². The average molecular weight is 368 g/mol. The van der Waals surface area contributed by atoms with Gasteiger partial charge in [0, 0.05) is 18.8 Å². The number of hydrogen-bond acceptors (Lipinski definition) is 2. The Balaban J connectivity index is 1.52. The SMILES string of the molecule is CCN(C(=O)C1CC1C(=O)NCCc1ccccc1F)c1cccc(C)c1. The number of anilines is 1. The van der Waals surface area contributed by atoms with Crippen LogP contribution in [0.2, 0.25) is 0 Å². The highest BCUT2D eigenvalue weighted by atomic mass is 19.1. The molecule has 27 heavy (non-hydrogen) atoms. The monoisotopic (exact) mass is 368 g/mol. The molecule has 0 heterocycles. The standard InChI is InChI=1S/C22H25FN2O2/c1-3-25(17-9-6-7-15(2)13-17)22(27)19-14-18(19)21(26)24-12-11-16-8-4-5-10-20(16)23/h4-10,13,18-19H,3,11-12,14H2,1-2H3,(H,24,26). The molecule has 2 aromatic carbocycles. The van der Waals surface area contributed by atoms with Crippen LogP contribution in [0.15, 0.2) is 48.5 Å². The van der Waals surface area contributed by atoms with E-state index < -0.39 is 0 Å². The third-order valence-corrected chi connectivity index (χ3v) is 4.99. The van der Waals surface area contributed by atoms with Crippen molar-refractivity contribution in [3.8, 4) is 0 Å². The van der Waals surface area contributed by atoms with Crippen LogP contribution in [0.1, 0.15) is 24.5 Å². The third-order valence-electron chi connectivity index (χ3n) is 4.99. The molecule has 5 heteroatoms. The molecule has 1 aliphatic rings. The van der Waals surface area contributed by atoms with Gasteiger partial charge in [-0.25, -0.2) is 4.39 Å². The van der Waals surface area contributed by atoms with Crippen LogP contribution in [0.4, 0.5) is 10.1 Å². The smallest absolute Gasteiger partial charge is 0.230 e. The van der Waals surface area contributed by atoms with Crippen LogP contribution in [-0.4, -0.2) is 24.9 Å². The summed E-state index contributed by atoms with van der Waals surface area (Å²) in [4.78, 5) is 26.9. The molecule has 1 saturated carbocycles. The van der Waals surface area contributed by atoms with E-state index in [1.54, 1.807) is 23.1 Å². The minimum absolute atomic E-state index is 0.00245. The van der Waals surface area contributed by atoms with Crippen molar-refractivity contribution in [3.63, 3.8) is 0 Å². The van der Waals surface area contributed by atoms with E-state index in [0.717, 1.165) is 11.3 Å². The largest absolute Gasteiger partial charge is 0.356 e. The van der Waals surface area contributed by atoms with Crippen molar-refractivity contribution in [3.05, 3.63) is 65.5 Å². The van der Waals surface area contributed by atoms with Crippen molar-refractivity contribution >= 4 is 17.5 Å². The topological polar surface area (TPSA) is 49.4 Å². The second-order valence-electron chi connectivity index (χ2n) is 7.00. The lowest BCUT2D eigenvalue weighted by Gasteiger charge is -2.21. The molecule has 1 N–H and O–H groups in total. The summed E-state index contributed by atoms with van der Waals surface area (Å²) < 4.78 is 13.6. The lowest BCUT2D eigenvalue weighted by atomic mass is 10.1. The molecule has 0 bridgehead atoms. The molecule has 0 aromatic heterocycles. The lowest BCUT2D eigenvalue weighted by Crippen LogP contribution is -2.34. The number of rotatable bonds is 7. The van der Waals surface area contributed by atoms with Crippen LogP contribution in [0.25, 0.3) is 0 Å². The minimum Gasteiger partial charge on any atom is -0.356 e. The summed E-state index contributed by atoms with van der Waals surface area (Å²) in [7, 11) is 0. The Bertz CT molecular complexity index is 837. The highest BCUT2D eigenvalue weighted by molar-refractivity contribution is 6.01. The van der Waals surface area contributed by atoms with Gasteiger partial charge < -0.3 is 10.2 Å². The van der Waals surface area contributed by atoms with Crippen LogP contribution in [0, 0.1) is 24.6 Å². The number of carbonyl (C=O) groups excluding carboxylic acids is 2. The molecule has 0 saturated heterocycles. The molecule has 3 rings (SSSR count). The zero-order valence-corrected chi connectivity index (χ0v) is 15.7. The van der Waals surface area contributed by atoms with Gasteiger partial charge in [-0.2, -0.15) is 0 Å². The van der Waals surface area contributed by atoms with Crippen LogP contribution in [0.3, 0.4) is 0 Å². The Labute approximate surface area is 159 Å². The van der Waals surface area contributed by atoms with Gasteiger partial charge in [-0.3, -0.25) is 9.59 Å². The summed E-state index contributed by atoms with van der Waals surface area (Å²) in [5.41, 5.74) is 2.54. The van der Waals surface area contributed by atoms with Gasteiger partial charge in [0.15, 0.2) is 0 Å². The van der Waals surface area contributed by atoms with Crippen molar-refractivity contribution in [2.45, 2.75) is 26.7 Å². The van der Waals surface area contributed by atoms with Crippen LogP contribution in [-0.2, 0) is 16.0 Å². The highest BCUT2D eigenvalue weighted by Crippen LogP contribution is 2.41. The Morgan fingerprint density at radius 2 is 1.93 bits per heavy atom. The lowest BCUT2D eigenvalue weighted by molar-refractivity contribution is -0.126. The quantitative estimate of drug-likeness (QED) is 0.813. The summed E-state index contributed by atoms with van der Waals surface area (Å²) in [6, 6.07) is 14.4. The predicted molar refractivity (Wildman–Crippen MR) is 104 cm³/mol. The highest BCUT2D eigenvalue weighted by Gasteiger charge is 2.49. The number of nitrogens with zero attached hydrogens (tertiary/aromatic N) is 1. The van der Waals surface area contributed by atoms with E-state index in [1.807, 2.05) is 38.1 Å². The predicted octanol–water partition coefficient (Wildman–Crippen LogP) is 3.48. The molecule has 1 aliphatic carbocycles. The Kier molecular flexibility index (Phi) is 5.89. The van der Waals surface area contributed by atoms with Gasteiger partial charge in [-0.05, 0) is 56.0 Å². The number of hydrogen-bond donors (Lipinski definition) is 1. The number of amides is 2. The summed E-state index contributed by atoms with van der Waals surface area (Å²) in [6.45, 7) is 4.86.